The van der Waals surface area contributed by atoms with Crippen molar-refractivity contribution in [2.24, 2.45) is 29.6 Å². The summed E-state index contributed by atoms with van der Waals surface area (Å²) in [5, 5.41) is 0. The van der Waals surface area contributed by atoms with Crippen LogP contribution in [-0.2, 0) is 6.42 Å². The molecule has 1 nitrogen and oxygen atoms in total. The van der Waals surface area contributed by atoms with Crippen LogP contribution >= 0.6 is 0 Å². The van der Waals surface area contributed by atoms with Crippen LogP contribution in [0.4, 0.5) is 0 Å². The lowest BCUT2D eigenvalue weighted by Crippen LogP contribution is -2.28. The minimum atomic E-state index is 0.457. The third-order valence-corrected chi connectivity index (χ3v) is 10.4. The Balaban J connectivity index is 1.00. The molecule has 0 amide bonds. The van der Waals surface area contributed by atoms with Gasteiger partial charge >= 0.3 is 0 Å². The van der Waals surface area contributed by atoms with Crippen LogP contribution in [0, 0.1) is 43.4 Å². The fourth-order valence-electron chi connectivity index (χ4n) is 8.06. The third kappa shape index (κ3) is 6.18. The maximum Gasteiger partial charge on any atom is 0.126 e. The smallest absolute Gasteiger partial charge is 0.126 e. The van der Waals surface area contributed by atoms with Crippen LogP contribution in [-0.4, -0.2) is 6.10 Å². The van der Waals surface area contributed by atoms with E-state index in [-0.39, 0.29) is 0 Å². The Labute approximate surface area is 204 Å². The van der Waals surface area contributed by atoms with Gasteiger partial charge in [0.15, 0.2) is 0 Å². The summed E-state index contributed by atoms with van der Waals surface area (Å²) in [6, 6.07) is 4.56. The van der Waals surface area contributed by atoms with E-state index in [2.05, 4.69) is 26.0 Å². The summed E-state index contributed by atoms with van der Waals surface area (Å²) in [7, 11) is 0. The molecule has 1 aliphatic heterocycles. The first kappa shape index (κ1) is 23.7. The Morgan fingerprint density at radius 1 is 0.606 bits per heavy atom. The normalized spacial score (nSPS) is 33.3. The van der Waals surface area contributed by atoms with Gasteiger partial charge in [0.25, 0.3) is 0 Å². The summed E-state index contributed by atoms with van der Waals surface area (Å²) >= 11 is 0. The Hall–Kier alpha value is -0.980. The van der Waals surface area contributed by atoms with Gasteiger partial charge in [-0.15, -0.1) is 0 Å². The first-order valence-electron chi connectivity index (χ1n) is 14.9. The van der Waals surface area contributed by atoms with Crippen LogP contribution in [0.15, 0.2) is 12.1 Å². The van der Waals surface area contributed by atoms with E-state index in [9.17, 15) is 0 Å². The fourth-order valence-corrected chi connectivity index (χ4v) is 8.06. The number of benzene rings is 1. The molecule has 0 spiro atoms. The summed E-state index contributed by atoms with van der Waals surface area (Å²) in [5.74, 6) is 6.37. The number of aryl methyl sites for hydroxylation is 2. The molecule has 0 bridgehead atoms. The zero-order chi connectivity index (χ0) is 22.6. The predicted octanol–water partition coefficient (Wildman–Crippen LogP) is 9.36. The lowest BCUT2D eigenvalue weighted by Gasteiger charge is -2.36. The zero-order valence-electron chi connectivity index (χ0n) is 21.8. The lowest BCUT2D eigenvalue weighted by atomic mass is 9.70. The summed E-state index contributed by atoms with van der Waals surface area (Å²) < 4.78 is 6.56. The first-order valence-corrected chi connectivity index (χ1v) is 14.9. The molecule has 0 saturated heterocycles. The number of hydrogen-bond acceptors (Lipinski definition) is 1. The van der Waals surface area contributed by atoms with Gasteiger partial charge in [0.1, 0.15) is 5.75 Å². The molecule has 33 heavy (non-hydrogen) atoms. The molecule has 0 radical (unpaired) electrons. The lowest BCUT2D eigenvalue weighted by molar-refractivity contribution is 0.115. The van der Waals surface area contributed by atoms with Gasteiger partial charge in [0, 0.05) is 0 Å². The molecule has 3 saturated carbocycles. The molecule has 3 fully saturated rings. The molecule has 1 unspecified atom stereocenters. The van der Waals surface area contributed by atoms with Crippen LogP contribution < -0.4 is 4.74 Å². The highest BCUT2D eigenvalue weighted by molar-refractivity contribution is 5.46. The second-order valence-corrected chi connectivity index (χ2v) is 12.8. The molecule has 1 heterocycles. The van der Waals surface area contributed by atoms with Crippen molar-refractivity contribution >= 4 is 0 Å². The monoisotopic (exact) mass is 450 g/mol. The van der Waals surface area contributed by atoms with Crippen molar-refractivity contribution in [3.8, 4) is 5.75 Å². The van der Waals surface area contributed by atoms with Crippen LogP contribution in [0.5, 0.6) is 5.75 Å². The number of ether oxygens (including phenoxy) is 1. The van der Waals surface area contributed by atoms with Crippen molar-refractivity contribution < 1.29 is 4.74 Å². The van der Waals surface area contributed by atoms with E-state index in [0.717, 1.165) is 29.6 Å². The molecule has 1 heteroatoms. The third-order valence-electron chi connectivity index (χ3n) is 10.4. The number of hydrogen-bond donors (Lipinski definition) is 0. The highest BCUT2D eigenvalue weighted by Crippen LogP contribution is 2.43. The summed E-state index contributed by atoms with van der Waals surface area (Å²) in [5.41, 5.74) is 4.18. The van der Waals surface area contributed by atoms with Gasteiger partial charge in [0.2, 0.25) is 0 Å². The number of fused-ring (bicyclic) bond motifs is 1. The molecule has 1 atom stereocenters. The van der Waals surface area contributed by atoms with Gasteiger partial charge in [-0.1, -0.05) is 95.6 Å². The minimum Gasteiger partial charge on any atom is -0.490 e. The van der Waals surface area contributed by atoms with E-state index >= 15 is 0 Å². The van der Waals surface area contributed by atoms with Crippen molar-refractivity contribution in [2.45, 2.75) is 136 Å². The molecular weight excluding hydrogens is 400 g/mol. The second kappa shape index (κ2) is 11.2. The van der Waals surface area contributed by atoms with Crippen LogP contribution in [0.1, 0.15) is 126 Å². The van der Waals surface area contributed by atoms with Crippen molar-refractivity contribution in [1.82, 2.24) is 0 Å². The molecule has 0 aromatic heterocycles. The second-order valence-electron chi connectivity index (χ2n) is 12.8. The van der Waals surface area contributed by atoms with E-state index in [0.29, 0.717) is 6.10 Å². The number of rotatable bonds is 6. The molecule has 1 aromatic carbocycles. The molecule has 3 aliphatic carbocycles. The molecular formula is C32H50O. The van der Waals surface area contributed by atoms with E-state index < -0.39 is 0 Å². The quantitative estimate of drug-likeness (QED) is 0.419. The highest BCUT2D eigenvalue weighted by atomic mass is 16.5. The average Bonchev–Trinajstić information content (AvgIpc) is 2.85. The summed E-state index contributed by atoms with van der Waals surface area (Å²) in [4.78, 5) is 0. The van der Waals surface area contributed by atoms with Gasteiger partial charge in [-0.2, -0.15) is 0 Å². The topological polar surface area (TPSA) is 9.23 Å². The highest BCUT2D eigenvalue weighted by Gasteiger charge is 2.30. The standard InChI is InChI=1S/C32H50O/c1-23-8-17-30-18-19-31(33-32(30)24(23)2)22-29-15-13-28(14-16-29)21-27-11-9-26(10-12-27)20-25-6-4-3-5-7-25/h8,17,25-29,31H,3-7,9-16,18-22H2,1-2H3. The Bertz CT molecular complexity index is 744. The average molecular weight is 451 g/mol. The van der Waals surface area contributed by atoms with Crippen molar-refractivity contribution in [2.75, 3.05) is 0 Å². The molecule has 4 aliphatic rings. The van der Waals surface area contributed by atoms with Crippen LogP contribution in [0.25, 0.3) is 0 Å². The van der Waals surface area contributed by atoms with Crippen molar-refractivity contribution in [1.29, 1.82) is 0 Å². The molecule has 0 N–H and O–H groups in total. The van der Waals surface area contributed by atoms with Crippen molar-refractivity contribution in [3.63, 3.8) is 0 Å². The molecule has 5 rings (SSSR count). The van der Waals surface area contributed by atoms with Gasteiger partial charge in [-0.05, 0) is 92.2 Å². The van der Waals surface area contributed by atoms with Gasteiger partial charge in [-0.3, -0.25) is 0 Å². The van der Waals surface area contributed by atoms with E-state index in [1.807, 2.05) is 0 Å². The zero-order valence-corrected chi connectivity index (χ0v) is 21.8. The first-order chi connectivity index (χ1) is 16.1. The van der Waals surface area contributed by atoms with Crippen molar-refractivity contribution in [3.05, 3.63) is 28.8 Å². The molecule has 1 aromatic rings. The molecule has 184 valence electrons. The minimum absolute atomic E-state index is 0.457. The largest absolute Gasteiger partial charge is 0.490 e. The Morgan fingerprint density at radius 2 is 1.12 bits per heavy atom. The predicted molar refractivity (Wildman–Crippen MR) is 140 cm³/mol. The maximum atomic E-state index is 6.56. The SMILES string of the molecule is Cc1ccc2c(c1C)OC(CC1CCC(CC3CCC(CC4CCCCC4)CC3)CC1)CC2. The van der Waals surface area contributed by atoms with E-state index in [1.54, 1.807) is 51.4 Å². The van der Waals surface area contributed by atoms with Crippen LogP contribution in [0.2, 0.25) is 0 Å². The van der Waals surface area contributed by atoms with Crippen LogP contribution in [0.3, 0.4) is 0 Å². The summed E-state index contributed by atoms with van der Waals surface area (Å²) in [6.07, 6.45) is 27.0. The van der Waals surface area contributed by atoms with Gasteiger partial charge < -0.3 is 4.74 Å². The van der Waals surface area contributed by atoms with E-state index in [1.165, 1.54) is 86.6 Å². The fraction of sp³-hybridized carbons (Fsp3) is 0.812. The Morgan fingerprint density at radius 3 is 1.70 bits per heavy atom. The van der Waals surface area contributed by atoms with Gasteiger partial charge in [0.05, 0.1) is 6.10 Å². The summed E-state index contributed by atoms with van der Waals surface area (Å²) in [6.45, 7) is 4.46. The maximum absolute atomic E-state index is 6.56. The van der Waals surface area contributed by atoms with E-state index in [4.69, 9.17) is 4.74 Å². The van der Waals surface area contributed by atoms with Gasteiger partial charge in [-0.25, -0.2) is 0 Å². The Kier molecular flexibility index (Phi) is 8.04.